The van der Waals surface area contributed by atoms with Crippen molar-refractivity contribution in [1.29, 1.82) is 0 Å². The summed E-state index contributed by atoms with van der Waals surface area (Å²) < 4.78 is 13.5. The van der Waals surface area contributed by atoms with Crippen LogP contribution in [0.3, 0.4) is 0 Å². The second-order valence-corrected chi connectivity index (χ2v) is 7.89. The highest BCUT2D eigenvalue weighted by molar-refractivity contribution is 7.80. The fourth-order valence-electron chi connectivity index (χ4n) is 4.06. The first-order chi connectivity index (χ1) is 14.5. The Labute approximate surface area is 183 Å². The zero-order valence-corrected chi connectivity index (χ0v) is 18.6. The Morgan fingerprint density at radius 3 is 2.63 bits per heavy atom. The number of aromatic nitrogens is 1. The van der Waals surface area contributed by atoms with E-state index in [-0.39, 0.29) is 6.04 Å². The van der Waals surface area contributed by atoms with Crippen molar-refractivity contribution in [3.8, 4) is 11.5 Å². The number of ether oxygens (including phenoxy) is 2. The van der Waals surface area contributed by atoms with Crippen LogP contribution in [0.2, 0.25) is 0 Å². The molecular weight excluding hydrogens is 394 g/mol. The van der Waals surface area contributed by atoms with Crippen LogP contribution in [0.5, 0.6) is 11.5 Å². The smallest absolute Gasteiger partial charge is 0.174 e. The standard InChI is InChI=1S/C24H27N3O2S/c1-16-7-5-8-20(17(16)2)25-24(30)27-14-13-26-12-6-9-21(26)23(27)19-15-18(28-3)10-11-22(19)29-4/h5-12,15,23H,13-14H2,1-4H3,(H,25,30). The van der Waals surface area contributed by atoms with E-state index in [9.17, 15) is 0 Å². The van der Waals surface area contributed by atoms with E-state index in [4.69, 9.17) is 21.7 Å². The molecule has 1 unspecified atom stereocenters. The number of thiocarbonyl (C=S) groups is 1. The molecule has 0 bridgehead atoms. The molecule has 30 heavy (non-hydrogen) atoms. The van der Waals surface area contributed by atoms with Crippen LogP contribution < -0.4 is 14.8 Å². The highest BCUT2D eigenvalue weighted by Crippen LogP contribution is 2.39. The minimum Gasteiger partial charge on any atom is -0.497 e. The van der Waals surface area contributed by atoms with Gasteiger partial charge in [0, 0.05) is 36.2 Å². The monoisotopic (exact) mass is 421 g/mol. The number of anilines is 1. The van der Waals surface area contributed by atoms with Crippen LogP contribution in [0.25, 0.3) is 0 Å². The van der Waals surface area contributed by atoms with Crippen LogP contribution in [-0.4, -0.2) is 35.3 Å². The highest BCUT2D eigenvalue weighted by atomic mass is 32.1. The molecule has 1 aliphatic rings. The molecule has 2 aromatic carbocycles. The second-order valence-electron chi connectivity index (χ2n) is 7.51. The van der Waals surface area contributed by atoms with Crippen molar-refractivity contribution < 1.29 is 9.47 Å². The maximum absolute atomic E-state index is 5.91. The van der Waals surface area contributed by atoms with Gasteiger partial charge in [-0.15, -0.1) is 0 Å². The predicted molar refractivity (Wildman–Crippen MR) is 125 cm³/mol. The van der Waals surface area contributed by atoms with Crippen LogP contribution in [0, 0.1) is 13.8 Å². The summed E-state index contributed by atoms with van der Waals surface area (Å²) >= 11 is 5.91. The lowest BCUT2D eigenvalue weighted by molar-refractivity contribution is 0.284. The van der Waals surface area contributed by atoms with Gasteiger partial charge in [0.2, 0.25) is 0 Å². The van der Waals surface area contributed by atoms with E-state index in [1.807, 2.05) is 18.2 Å². The molecule has 0 saturated carbocycles. The summed E-state index contributed by atoms with van der Waals surface area (Å²) in [5, 5.41) is 4.19. The summed E-state index contributed by atoms with van der Waals surface area (Å²) in [7, 11) is 3.38. The van der Waals surface area contributed by atoms with Gasteiger partial charge in [-0.2, -0.15) is 0 Å². The number of aryl methyl sites for hydroxylation is 1. The summed E-state index contributed by atoms with van der Waals surface area (Å²) in [6.45, 7) is 5.90. The van der Waals surface area contributed by atoms with Crippen LogP contribution in [0.4, 0.5) is 5.69 Å². The average Bonchev–Trinajstić information content (AvgIpc) is 3.24. The normalized spacial score (nSPS) is 15.5. The van der Waals surface area contributed by atoms with E-state index in [1.54, 1.807) is 14.2 Å². The fourth-order valence-corrected chi connectivity index (χ4v) is 4.36. The van der Waals surface area contributed by atoms with E-state index in [1.165, 1.54) is 16.8 Å². The van der Waals surface area contributed by atoms with E-state index in [0.29, 0.717) is 5.11 Å². The summed E-state index contributed by atoms with van der Waals surface area (Å²) in [5.74, 6) is 1.61. The molecule has 4 rings (SSSR count). The zero-order valence-electron chi connectivity index (χ0n) is 17.8. The van der Waals surface area contributed by atoms with Gasteiger partial charge in [0.15, 0.2) is 5.11 Å². The molecule has 1 aliphatic heterocycles. The molecule has 0 aliphatic carbocycles. The van der Waals surface area contributed by atoms with Crippen LogP contribution in [-0.2, 0) is 6.54 Å². The molecule has 0 fully saturated rings. The zero-order chi connectivity index (χ0) is 21.3. The van der Waals surface area contributed by atoms with Crippen molar-refractivity contribution in [3.63, 3.8) is 0 Å². The van der Waals surface area contributed by atoms with Gasteiger partial charge < -0.3 is 24.3 Å². The van der Waals surface area contributed by atoms with Crippen molar-refractivity contribution in [2.75, 3.05) is 26.1 Å². The molecule has 5 nitrogen and oxygen atoms in total. The molecule has 3 aromatic rings. The number of benzene rings is 2. The highest BCUT2D eigenvalue weighted by Gasteiger charge is 2.33. The van der Waals surface area contributed by atoms with Gasteiger partial charge in [0.05, 0.1) is 14.2 Å². The molecular formula is C24H27N3O2S. The largest absolute Gasteiger partial charge is 0.497 e. The Morgan fingerprint density at radius 1 is 1.03 bits per heavy atom. The van der Waals surface area contributed by atoms with E-state index < -0.39 is 0 Å². The number of fused-ring (bicyclic) bond motifs is 1. The first-order valence-corrected chi connectivity index (χ1v) is 10.4. The van der Waals surface area contributed by atoms with Gasteiger partial charge >= 0.3 is 0 Å². The van der Waals surface area contributed by atoms with E-state index in [0.717, 1.165) is 35.8 Å². The summed E-state index contributed by atoms with van der Waals surface area (Å²) in [4.78, 5) is 2.24. The molecule has 0 saturated heterocycles. The number of nitrogens with one attached hydrogen (secondary N) is 1. The van der Waals surface area contributed by atoms with E-state index in [2.05, 4.69) is 65.2 Å². The van der Waals surface area contributed by atoms with Crippen LogP contribution in [0.1, 0.15) is 28.4 Å². The van der Waals surface area contributed by atoms with Crippen molar-refractivity contribution in [2.24, 2.45) is 0 Å². The molecule has 1 aromatic heterocycles. The number of rotatable bonds is 4. The maximum atomic E-state index is 5.91. The minimum absolute atomic E-state index is 0.0797. The molecule has 1 N–H and O–H groups in total. The number of nitrogens with zero attached hydrogens (tertiary/aromatic N) is 2. The molecule has 156 valence electrons. The van der Waals surface area contributed by atoms with Crippen molar-refractivity contribution >= 4 is 23.0 Å². The van der Waals surface area contributed by atoms with Gasteiger partial charge in [-0.3, -0.25) is 0 Å². The lowest BCUT2D eigenvalue weighted by atomic mass is 9.98. The summed E-state index contributed by atoms with van der Waals surface area (Å²) in [6.07, 6.45) is 2.12. The van der Waals surface area contributed by atoms with Crippen molar-refractivity contribution in [1.82, 2.24) is 9.47 Å². The van der Waals surface area contributed by atoms with Gasteiger partial charge in [0.1, 0.15) is 17.5 Å². The Balaban J connectivity index is 1.76. The first-order valence-electron chi connectivity index (χ1n) is 10.0. The minimum atomic E-state index is -0.0797. The maximum Gasteiger partial charge on any atom is 0.174 e. The summed E-state index contributed by atoms with van der Waals surface area (Å²) in [6, 6.07) is 16.3. The van der Waals surface area contributed by atoms with Gasteiger partial charge in [-0.05, 0) is 73.6 Å². The molecule has 0 amide bonds. The van der Waals surface area contributed by atoms with Crippen molar-refractivity contribution in [2.45, 2.75) is 26.4 Å². The average molecular weight is 422 g/mol. The number of hydrogen-bond acceptors (Lipinski definition) is 3. The third-order valence-corrected chi connectivity index (χ3v) is 6.21. The molecule has 6 heteroatoms. The Bertz CT molecular complexity index is 1080. The Hall–Kier alpha value is -2.99. The second kappa shape index (κ2) is 8.40. The first kappa shape index (κ1) is 20.3. The predicted octanol–water partition coefficient (Wildman–Crippen LogP) is 4.92. The Kier molecular flexibility index (Phi) is 5.68. The third kappa shape index (κ3) is 3.63. The number of methoxy groups -OCH3 is 2. The molecule has 0 spiro atoms. The lowest BCUT2D eigenvalue weighted by Crippen LogP contribution is -2.44. The van der Waals surface area contributed by atoms with Gasteiger partial charge in [-0.25, -0.2) is 0 Å². The number of hydrogen-bond donors (Lipinski definition) is 1. The van der Waals surface area contributed by atoms with Gasteiger partial charge in [-0.1, -0.05) is 12.1 Å². The molecule has 1 atom stereocenters. The third-order valence-electron chi connectivity index (χ3n) is 5.88. The molecule has 2 heterocycles. The Morgan fingerprint density at radius 2 is 1.87 bits per heavy atom. The molecule has 0 radical (unpaired) electrons. The topological polar surface area (TPSA) is 38.7 Å². The van der Waals surface area contributed by atoms with E-state index >= 15 is 0 Å². The summed E-state index contributed by atoms with van der Waals surface area (Å²) in [5.41, 5.74) is 5.69. The fraction of sp³-hybridized carbons (Fsp3) is 0.292. The lowest BCUT2D eigenvalue weighted by Gasteiger charge is -2.39. The van der Waals surface area contributed by atoms with Crippen LogP contribution >= 0.6 is 12.2 Å². The quantitative estimate of drug-likeness (QED) is 0.605. The SMILES string of the molecule is COc1ccc(OC)c(C2c3cccn3CCN2C(=S)Nc2cccc(C)c2C)c1. The van der Waals surface area contributed by atoms with Crippen molar-refractivity contribution in [3.05, 3.63) is 77.1 Å². The van der Waals surface area contributed by atoms with Crippen LogP contribution in [0.15, 0.2) is 54.7 Å². The van der Waals surface area contributed by atoms with Gasteiger partial charge in [0.25, 0.3) is 0 Å².